The SMILES string of the molecule is CCOC(=O)c1cc2cc(C(=O)N3CCCN(C(=O)OC(C)(C)C)CC3)ccc2[nH]1. The van der Waals surface area contributed by atoms with Crippen LogP contribution in [0.2, 0.25) is 0 Å². The van der Waals surface area contributed by atoms with Crippen molar-refractivity contribution in [3.05, 3.63) is 35.5 Å². The molecule has 162 valence electrons. The standard InChI is InChI=1S/C22H29N3O5/c1-5-29-20(27)18-14-16-13-15(7-8-17(16)23-18)19(26)24-9-6-10-25(12-11-24)21(28)30-22(2,3)4/h7-8,13-14,23H,5-6,9-12H2,1-4H3. The molecule has 30 heavy (non-hydrogen) atoms. The largest absolute Gasteiger partial charge is 0.461 e. The number of rotatable bonds is 3. The summed E-state index contributed by atoms with van der Waals surface area (Å²) in [6.07, 6.45) is 0.335. The molecule has 0 aliphatic carbocycles. The zero-order valence-corrected chi connectivity index (χ0v) is 18.0. The summed E-state index contributed by atoms with van der Waals surface area (Å²) < 4.78 is 10.5. The Morgan fingerprint density at radius 3 is 2.43 bits per heavy atom. The van der Waals surface area contributed by atoms with Gasteiger partial charge in [0, 0.05) is 42.6 Å². The molecule has 3 rings (SSSR count). The average molecular weight is 415 g/mol. The summed E-state index contributed by atoms with van der Waals surface area (Å²) in [6, 6.07) is 6.99. The van der Waals surface area contributed by atoms with Crippen LogP contribution in [0.25, 0.3) is 10.9 Å². The fraction of sp³-hybridized carbons (Fsp3) is 0.500. The number of carbonyl (C=O) groups is 3. The fourth-order valence-corrected chi connectivity index (χ4v) is 3.40. The molecule has 0 saturated carbocycles. The highest BCUT2D eigenvalue weighted by atomic mass is 16.6. The molecule has 8 heteroatoms. The van der Waals surface area contributed by atoms with Gasteiger partial charge >= 0.3 is 12.1 Å². The third kappa shape index (κ3) is 5.11. The molecule has 1 aromatic heterocycles. The summed E-state index contributed by atoms with van der Waals surface area (Å²) in [4.78, 5) is 43.7. The number of H-pyrrole nitrogens is 1. The Bertz CT molecular complexity index is 944. The van der Waals surface area contributed by atoms with E-state index in [1.807, 2.05) is 20.8 Å². The number of hydrogen-bond acceptors (Lipinski definition) is 5. The Morgan fingerprint density at radius 1 is 1.03 bits per heavy atom. The van der Waals surface area contributed by atoms with Crippen molar-refractivity contribution in [3.63, 3.8) is 0 Å². The van der Waals surface area contributed by atoms with Crippen LogP contribution in [0, 0.1) is 0 Å². The van der Waals surface area contributed by atoms with E-state index in [4.69, 9.17) is 9.47 Å². The highest BCUT2D eigenvalue weighted by molar-refractivity contribution is 6.00. The number of ether oxygens (including phenoxy) is 2. The van der Waals surface area contributed by atoms with Gasteiger partial charge in [-0.3, -0.25) is 4.79 Å². The first kappa shape index (κ1) is 21.7. The average Bonchev–Trinajstić information content (AvgIpc) is 2.94. The van der Waals surface area contributed by atoms with E-state index >= 15 is 0 Å². The van der Waals surface area contributed by atoms with E-state index in [1.165, 1.54) is 0 Å². The lowest BCUT2D eigenvalue weighted by atomic mass is 10.1. The van der Waals surface area contributed by atoms with Gasteiger partial charge in [-0.15, -0.1) is 0 Å². The van der Waals surface area contributed by atoms with Crippen LogP contribution >= 0.6 is 0 Å². The van der Waals surface area contributed by atoms with Crippen LogP contribution in [0.4, 0.5) is 4.79 Å². The molecule has 0 radical (unpaired) electrons. The van der Waals surface area contributed by atoms with Gasteiger partial charge in [0.2, 0.25) is 0 Å². The Balaban J connectivity index is 1.69. The van der Waals surface area contributed by atoms with Crippen molar-refractivity contribution in [1.82, 2.24) is 14.8 Å². The van der Waals surface area contributed by atoms with Gasteiger partial charge < -0.3 is 24.3 Å². The molecule has 2 aromatic rings. The quantitative estimate of drug-likeness (QED) is 0.776. The minimum absolute atomic E-state index is 0.0955. The van der Waals surface area contributed by atoms with Gasteiger partial charge in [-0.1, -0.05) is 0 Å². The molecule has 1 aromatic carbocycles. The number of amides is 2. The van der Waals surface area contributed by atoms with Crippen molar-refractivity contribution in [2.24, 2.45) is 0 Å². The highest BCUT2D eigenvalue weighted by Crippen LogP contribution is 2.20. The zero-order chi connectivity index (χ0) is 21.9. The molecule has 2 heterocycles. The first-order valence-electron chi connectivity index (χ1n) is 10.2. The molecule has 0 bridgehead atoms. The molecular weight excluding hydrogens is 386 g/mol. The van der Waals surface area contributed by atoms with Gasteiger partial charge in [0.05, 0.1) is 6.61 Å². The van der Waals surface area contributed by atoms with Crippen molar-refractivity contribution in [3.8, 4) is 0 Å². The number of aromatic amines is 1. The predicted octanol–water partition coefficient (Wildman–Crippen LogP) is 3.43. The van der Waals surface area contributed by atoms with Crippen molar-refractivity contribution >= 4 is 28.9 Å². The number of nitrogens with one attached hydrogen (secondary N) is 1. The van der Waals surface area contributed by atoms with Crippen molar-refractivity contribution in [1.29, 1.82) is 0 Å². The summed E-state index contributed by atoms with van der Waals surface area (Å²) in [6.45, 7) is 9.55. The maximum absolute atomic E-state index is 13.0. The number of nitrogens with zero attached hydrogens (tertiary/aromatic N) is 2. The molecule has 1 aliphatic heterocycles. The van der Waals surface area contributed by atoms with Gasteiger partial charge in [-0.2, -0.15) is 0 Å². The second-order valence-electron chi connectivity index (χ2n) is 8.32. The van der Waals surface area contributed by atoms with E-state index in [1.54, 1.807) is 41.0 Å². The normalized spacial score (nSPS) is 15.1. The summed E-state index contributed by atoms with van der Waals surface area (Å²) in [5.74, 6) is -0.516. The molecule has 0 spiro atoms. The Morgan fingerprint density at radius 2 is 1.73 bits per heavy atom. The lowest BCUT2D eigenvalue weighted by Crippen LogP contribution is -2.40. The molecule has 0 atom stereocenters. The minimum atomic E-state index is -0.548. The number of aromatic nitrogens is 1. The van der Waals surface area contributed by atoms with E-state index in [0.29, 0.717) is 50.5 Å². The van der Waals surface area contributed by atoms with Crippen molar-refractivity contribution in [2.75, 3.05) is 32.8 Å². The summed E-state index contributed by atoms with van der Waals surface area (Å²) in [5, 5.41) is 0.772. The van der Waals surface area contributed by atoms with Crippen LogP contribution in [0.15, 0.2) is 24.3 Å². The maximum atomic E-state index is 13.0. The molecule has 8 nitrogen and oxygen atoms in total. The molecule has 1 saturated heterocycles. The predicted molar refractivity (Wildman–Crippen MR) is 113 cm³/mol. The topological polar surface area (TPSA) is 91.9 Å². The number of fused-ring (bicyclic) bond motifs is 1. The first-order valence-corrected chi connectivity index (χ1v) is 10.2. The first-order chi connectivity index (χ1) is 14.2. The lowest BCUT2D eigenvalue weighted by molar-refractivity contribution is 0.0255. The second kappa shape index (κ2) is 8.77. The Hall–Kier alpha value is -3.03. The van der Waals surface area contributed by atoms with Crippen LogP contribution in [0.3, 0.4) is 0 Å². The summed E-state index contributed by atoms with van der Waals surface area (Å²) >= 11 is 0. The van der Waals surface area contributed by atoms with E-state index in [0.717, 1.165) is 10.9 Å². The van der Waals surface area contributed by atoms with Crippen LogP contribution in [0.1, 0.15) is 55.0 Å². The number of hydrogen-bond donors (Lipinski definition) is 1. The van der Waals surface area contributed by atoms with Crippen molar-refractivity contribution < 1.29 is 23.9 Å². The van der Waals surface area contributed by atoms with Crippen LogP contribution in [0.5, 0.6) is 0 Å². The number of benzene rings is 1. The smallest absolute Gasteiger partial charge is 0.410 e. The minimum Gasteiger partial charge on any atom is -0.461 e. The van der Waals surface area contributed by atoms with Crippen LogP contribution < -0.4 is 0 Å². The lowest BCUT2D eigenvalue weighted by Gasteiger charge is -2.26. The summed E-state index contributed by atoms with van der Waals surface area (Å²) in [7, 11) is 0. The maximum Gasteiger partial charge on any atom is 0.410 e. The van der Waals surface area contributed by atoms with Gasteiger partial charge in [0.1, 0.15) is 11.3 Å². The third-order valence-corrected chi connectivity index (χ3v) is 4.80. The zero-order valence-electron chi connectivity index (χ0n) is 18.0. The van der Waals surface area contributed by atoms with Crippen molar-refractivity contribution in [2.45, 2.75) is 39.7 Å². The van der Waals surface area contributed by atoms with E-state index < -0.39 is 11.6 Å². The fourth-order valence-electron chi connectivity index (χ4n) is 3.40. The molecule has 0 unspecified atom stereocenters. The molecule has 1 N–H and O–H groups in total. The molecular formula is C22H29N3O5. The van der Waals surface area contributed by atoms with Gasteiger partial charge in [-0.25, -0.2) is 9.59 Å². The molecule has 2 amide bonds. The van der Waals surface area contributed by atoms with Gasteiger partial charge in [0.25, 0.3) is 5.91 Å². The van der Waals surface area contributed by atoms with Crippen LogP contribution in [-0.4, -0.2) is 71.1 Å². The monoisotopic (exact) mass is 415 g/mol. The third-order valence-electron chi connectivity index (χ3n) is 4.80. The van der Waals surface area contributed by atoms with E-state index in [9.17, 15) is 14.4 Å². The number of esters is 1. The van der Waals surface area contributed by atoms with E-state index in [2.05, 4.69) is 4.98 Å². The van der Waals surface area contributed by atoms with Crippen LogP contribution in [-0.2, 0) is 9.47 Å². The van der Waals surface area contributed by atoms with Gasteiger partial charge in [0.15, 0.2) is 0 Å². The Labute approximate surface area is 176 Å². The second-order valence-corrected chi connectivity index (χ2v) is 8.32. The highest BCUT2D eigenvalue weighted by Gasteiger charge is 2.26. The number of carbonyl (C=O) groups excluding carboxylic acids is 3. The summed E-state index contributed by atoms with van der Waals surface area (Å²) in [5.41, 5.74) is 1.12. The molecule has 1 aliphatic rings. The van der Waals surface area contributed by atoms with Gasteiger partial charge in [-0.05, 0) is 58.4 Å². The molecule has 1 fully saturated rings. The Kier molecular flexibility index (Phi) is 6.34. The van der Waals surface area contributed by atoms with E-state index in [-0.39, 0.29) is 12.0 Å².